The van der Waals surface area contributed by atoms with Crippen LogP contribution in [0.4, 0.5) is 0 Å². The van der Waals surface area contributed by atoms with Gasteiger partial charge in [0.15, 0.2) is 0 Å². The van der Waals surface area contributed by atoms with Crippen molar-refractivity contribution in [2.24, 2.45) is 0 Å². The van der Waals surface area contributed by atoms with Crippen molar-refractivity contribution < 1.29 is 9.90 Å². The molecule has 0 radical (unpaired) electrons. The molecular formula is C14H27N3O2. The summed E-state index contributed by atoms with van der Waals surface area (Å²) in [6.07, 6.45) is 3.72. The molecule has 2 fully saturated rings. The summed E-state index contributed by atoms with van der Waals surface area (Å²) in [4.78, 5) is 16.5. The number of amides is 1. The van der Waals surface area contributed by atoms with Crippen molar-refractivity contribution in [2.45, 2.75) is 44.8 Å². The zero-order valence-corrected chi connectivity index (χ0v) is 12.0. The van der Waals surface area contributed by atoms with Crippen LogP contribution in [0.2, 0.25) is 0 Å². The highest BCUT2D eigenvalue weighted by Crippen LogP contribution is 2.11. The van der Waals surface area contributed by atoms with Crippen LogP contribution in [0.15, 0.2) is 0 Å². The number of carbonyl (C=O) groups is 1. The van der Waals surface area contributed by atoms with Gasteiger partial charge in [-0.1, -0.05) is 6.92 Å². The van der Waals surface area contributed by atoms with E-state index in [-0.39, 0.29) is 12.0 Å². The van der Waals surface area contributed by atoms with Crippen LogP contribution in [-0.4, -0.2) is 72.2 Å². The number of hydrogen-bond acceptors (Lipinski definition) is 4. The molecule has 0 spiro atoms. The Morgan fingerprint density at radius 1 is 1.21 bits per heavy atom. The number of rotatable bonds is 4. The van der Waals surface area contributed by atoms with E-state index in [1.54, 1.807) is 0 Å². The lowest BCUT2D eigenvalue weighted by Crippen LogP contribution is -2.49. The van der Waals surface area contributed by atoms with E-state index >= 15 is 0 Å². The van der Waals surface area contributed by atoms with Crippen molar-refractivity contribution in [2.75, 3.05) is 39.3 Å². The average molecular weight is 269 g/mol. The van der Waals surface area contributed by atoms with Crippen LogP contribution in [0, 0.1) is 0 Å². The second-order valence-corrected chi connectivity index (χ2v) is 5.81. The maximum Gasteiger partial charge on any atom is 0.234 e. The second-order valence-electron chi connectivity index (χ2n) is 5.81. The standard InChI is InChI=1S/C14H27N3O2/c1-2-16-8-5-12(6-9-16)15-14(19)11-17-7-3-4-13(18)10-17/h12-13,18H,2-11H2,1H3,(H,15,19). The third-order valence-electron chi connectivity index (χ3n) is 4.25. The summed E-state index contributed by atoms with van der Waals surface area (Å²) in [7, 11) is 0. The molecule has 1 amide bonds. The summed E-state index contributed by atoms with van der Waals surface area (Å²) in [6.45, 7) is 7.46. The predicted molar refractivity (Wildman–Crippen MR) is 75.0 cm³/mol. The Kier molecular flexibility index (Phi) is 5.60. The van der Waals surface area contributed by atoms with Gasteiger partial charge in [0.25, 0.3) is 0 Å². The van der Waals surface area contributed by atoms with Crippen LogP contribution in [-0.2, 0) is 4.79 Å². The van der Waals surface area contributed by atoms with Gasteiger partial charge in [0.1, 0.15) is 0 Å². The SMILES string of the molecule is CCN1CCC(NC(=O)CN2CCCC(O)C2)CC1. The van der Waals surface area contributed by atoms with E-state index in [0.29, 0.717) is 19.1 Å². The molecule has 0 saturated carbocycles. The number of nitrogens with one attached hydrogen (secondary N) is 1. The zero-order valence-electron chi connectivity index (χ0n) is 12.0. The van der Waals surface area contributed by atoms with Gasteiger partial charge in [0.2, 0.25) is 5.91 Å². The number of aliphatic hydroxyl groups excluding tert-OH is 1. The smallest absolute Gasteiger partial charge is 0.234 e. The van der Waals surface area contributed by atoms with Crippen molar-refractivity contribution in [1.29, 1.82) is 0 Å². The number of carbonyl (C=O) groups excluding carboxylic acids is 1. The maximum atomic E-state index is 12.0. The van der Waals surface area contributed by atoms with E-state index in [4.69, 9.17) is 0 Å². The molecule has 0 aliphatic carbocycles. The van der Waals surface area contributed by atoms with E-state index in [0.717, 1.165) is 51.9 Å². The fraction of sp³-hybridized carbons (Fsp3) is 0.929. The Balaban J connectivity index is 1.67. The summed E-state index contributed by atoms with van der Waals surface area (Å²) in [5.41, 5.74) is 0. The minimum Gasteiger partial charge on any atom is -0.392 e. The Morgan fingerprint density at radius 3 is 2.58 bits per heavy atom. The Morgan fingerprint density at radius 2 is 1.95 bits per heavy atom. The first-order valence-corrected chi connectivity index (χ1v) is 7.59. The van der Waals surface area contributed by atoms with Crippen LogP contribution < -0.4 is 5.32 Å². The molecule has 2 heterocycles. The van der Waals surface area contributed by atoms with Crippen molar-refractivity contribution in [3.63, 3.8) is 0 Å². The highest BCUT2D eigenvalue weighted by molar-refractivity contribution is 5.78. The second kappa shape index (κ2) is 7.22. The van der Waals surface area contributed by atoms with Gasteiger partial charge in [-0.05, 0) is 38.8 Å². The third kappa shape index (κ3) is 4.75. The van der Waals surface area contributed by atoms with Gasteiger partial charge < -0.3 is 15.3 Å². The lowest BCUT2D eigenvalue weighted by molar-refractivity contribution is -0.123. The van der Waals surface area contributed by atoms with E-state index in [2.05, 4.69) is 22.0 Å². The zero-order chi connectivity index (χ0) is 13.7. The Bertz CT molecular complexity index is 290. The molecule has 110 valence electrons. The number of aliphatic hydroxyl groups is 1. The molecule has 19 heavy (non-hydrogen) atoms. The highest BCUT2D eigenvalue weighted by Gasteiger charge is 2.23. The van der Waals surface area contributed by atoms with Crippen LogP contribution in [0.5, 0.6) is 0 Å². The van der Waals surface area contributed by atoms with Crippen LogP contribution in [0.3, 0.4) is 0 Å². The van der Waals surface area contributed by atoms with Gasteiger partial charge in [-0.15, -0.1) is 0 Å². The Labute approximate surface area is 115 Å². The largest absolute Gasteiger partial charge is 0.392 e. The first kappa shape index (κ1) is 14.8. The van der Waals surface area contributed by atoms with Gasteiger partial charge in [-0.2, -0.15) is 0 Å². The summed E-state index contributed by atoms with van der Waals surface area (Å²) in [5.74, 6) is 0.115. The molecule has 5 nitrogen and oxygen atoms in total. The first-order valence-electron chi connectivity index (χ1n) is 7.59. The fourth-order valence-corrected chi connectivity index (χ4v) is 3.04. The van der Waals surface area contributed by atoms with Crippen molar-refractivity contribution >= 4 is 5.91 Å². The molecule has 5 heteroatoms. The number of β-amino-alcohol motifs (C(OH)–C–C–N with tert-alkyl or cyclic N) is 1. The Hall–Kier alpha value is -0.650. The molecule has 1 atom stereocenters. The molecule has 2 aliphatic rings. The molecule has 2 N–H and O–H groups in total. The number of likely N-dealkylation sites (tertiary alicyclic amines) is 2. The molecule has 2 saturated heterocycles. The van der Waals surface area contributed by atoms with E-state index < -0.39 is 0 Å². The van der Waals surface area contributed by atoms with Crippen molar-refractivity contribution in [3.05, 3.63) is 0 Å². The molecule has 2 aliphatic heterocycles. The normalized spacial score (nSPS) is 27.4. The summed E-state index contributed by atoms with van der Waals surface area (Å²) < 4.78 is 0. The number of hydrogen-bond donors (Lipinski definition) is 2. The van der Waals surface area contributed by atoms with E-state index in [9.17, 15) is 9.90 Å². The van der Waals surface area contributed by atoms with Gasteiger partial charge in [0.05, 0.1) is 12.6 Å². The van der Waals surface area contributed by atoms with Crippen LogP contribution >= 0.6 is 0 Å². The summed E-state index contributed by atoms with van der Waals surface area (Å²) >= 11 is 0. The molecule has 1 unspecified atom stereocenters. The van der Waals surface area contributed by atoms with Gasteiger partial charge in [-0.3, -0.25) is 9.69 Å². The molecular weight excluding hydrogens is 242 g/mol. The fourth-order valence-electron chi connectivity index (χ4n) is 3.04. The number of piperidine rings is 2. The van der Waals surface area contributed by atoms with Crippen LogP contribution in [0.25, 0.3) is 0 Å². The molecule has 0 aromatic heterocycles. The van der Waals surface area contributed by atoms with Gasteiger partial charge in [0, 0.05) is 25.7 Å². The van der Waals surface area contributed by atoms with Gasteiger partial charge in [-0.25, -0.2) is 0 Å². The molecule has 2 rings (SSSR count). The topological polar surface area (TPSA) is 55.8 Å². The summed E-state index contributed by atoms with van der Waals surface area (Å²) in [5, 5.41) is 12.7. The third-order valence-corrected chi connectivity index (χ3v) is 4.25. The average Bonchev–Trinajstić information content (AvgIpc) is 2.39. The molecule has 0 aromatic carbocycles. The molecule has 0 bridgehead atoms. The minimum atomic E-state index is -0.255. The van der Waals surface area contributed by atoms with Crippen molar-refractivity contribution in [1.82, 2.24) is 15.1 Å². The number of nitrogens with zero attached hydrogens (tertiary/aromatic N) is 2. The minimum absolute atomic E-state index is 0.115. The molecule has 0 aromatic rings. The first-order chi connectivity index (χ1) is 9.17. The van der Waals surface area contributed by atoms with Crippen LogP contribution in [0.1, 0.15) is 32.6 Å². The lowest BCUT2D eigenvalue weighted by Gasteiger charge is -2.33. The highest BCUT2D eigenvalue weighted by atomic mass is 16.3. The maximum absolute atomic E-state index is 12.0. The quantitative estimate of drug-likeness (QED) is 0.757. The van der Waals surface area contributed by atoms with E-state index in [1.807, 2.05) is 0 Å². The monoisotopic (exact) mass is 269 g/mol. The lowest BCUT2D eigenvalue weighted by atomic mass is 10.0. The summed E-state index contributed by atoms with van der Waals surface area (Å²) in [6, 6.07) is 0.338. The van der Waals surface area contributed by atoms with Gasteiger partial charge >= 0.3 is 0 Å². The van der Waals surface area contributed by atoms with E-state index in [1.165, 1.54) is 0 Å². The predicted octanol–water partition coefficient (Wildman–Crippen LogP) is 0.0436. The van der Waals surface area contributed by atoms with Crippen molar-refractivity contribution in [3.8, 4) is 0 Å².